The molecule has 21 heavy (non-hydrogen) atoms. The Morgan fingerprint density at radius 3 is 2.43 bits per heavy atom. The van der Waals surface area contributed by atoms with Gasteiger partial charge in [-0.1, -0.05) is 42.5 Å². The van der Waals surface area contributed by atoms with E-state index in [1.165, 1.54) is 11.1 Å². The van der Waals surface area contributed by atoms with Gasteiger partial charge < -0.3 is 15.8 Å². The maximum Gasteiger partial charge on any atom is 0.120 e. The van der Waals surface area contributed by atoms with Crippen molar-refractivity contribution in [3.05, 3.63) is 65.7 Å². The average Bonchev–Trinajstić information content (AvgIpc) is 2.45. The van der Waals surface area contributed by atoms with Crippen molar-refractivity contribution in [2.24, 2.45) is 5.73 Å². The Bertz CT molecular complexity index is 547. The normalized spacial score (nSPS) is 11.4. The highest BCUT2D eigenvalue weighted by molar-refractivity contribution is 5.29. The minimum atomic E-state index is -0.193. The maximum atomic E-state index is 5.95. The lowest BCUT2D eigenvalue weighted by Crippen LogP contribution is -2.42. The molecule has 0 aromatic heterocycles. The summed E-state index contributed by atoms with van der Waals surface area (Å²) in [6.07, 6.45) is 0. The predicted molar refractivity (Wildman–Crippen MR) is 87.2 cm³/mol. The van der Waals surface area contributed by atoms with Crippen molar-refractivity contribution in [1.29, 1.82) is 0 Å². The van der Waals surface area contributed by atoms with Crippen LogP contribution in [0.25, 0.3) is 0 Å². The van der Waals surface area contributed by atoms with Crippen LogP contribution in [0.3, 0.4) is 0 Å². The first kappa shape index (κ1) is 15.5. The number of hydrogen-bond donors (Lipinski definition) is 2. The standard InChI is InChI=1S/C18H24N2O/c1-18(2,19)14-20-12-16-9-6-10-17(11-16)21-13-15-7-4-3-5-8-15/h3-11,20H,12-14,19H2,1-2H3. The van der Waals surface area contributed by atoms with Gasteiger partial charge in [0.2, 0.25) is 0 Å². The molecule has 0 aliphatic heterocycles. The summed E-state index contributed by atoms with van der Waals surface area (Å²) in [5.41, 5.74) is 8.13. The van der Waals surface area contributed by atoms with Crippen molar-refractivity contribution in [3.63, 3.8) is 0 Å². The molecule has 0 aliphatic rings. The summed E-state index contributed by atoms with van der Waals surface area (Å²) < 4.78 is 5.83. The van der Waals surface area contributed by atoms with Crippen LogP contribution >= 0.6 is 0 Å². The Kier molecular flexibility index (Phi) is 5.37. The molecule has 0 bridgehead atoms. The number of nitrogens with two attached hydrogens (primary N) is 1. The number of nitrogens with one attached hydrogen (secondary N) is 1. The molecule has 2 rings (SSSR count). The molecular formula is C18H24N2O. The Hall–Kier alpha value is -1.84. The Labute approximate surface area is 127 Å². The molecule has 0 saturated carbocycles. The van der Waals surface area contributed by atoms with Crippen molar-refractivity contribution in [2.75, 3.05) is 6.54 Å². The van der Waals surface area contributed by atoms with E-state index in [1.54, 1.807) is 0 Å². The van der Waals surface area contributed by atoms with Crippen LogP contribution in [-0.4, -0.2) is 12.1 Å². The van der Waals surface area contributed by atoms with E-state index in [4.69, 9.17) is 10.5 Å². The first-order valence-electron chi connectivity index (χ1n) is 7.28. The molecule has 2 aromatic rings. The molecule has 3 N–H and O–H groups in total. The monoisotopic (exact) mass is 284 g/mol. The summed E-state index contributed by atoms with van der Waals surface area (Å²) in [7, 11) is 0. The van der Waals surface area contributed by atoms with Crippen LogP contribution in [0, 0.1) is 0 Å². The van der Waals surface area contributed by atoms with Gasteiger partial charge in [0.15, 0.2) is 0 Å². The van der Waals surface area contributed by atoms with Gasteiger partial charge in [0.25, 0.3) is 0 Å². The largest absolute Gasteiger partial charge is 0.489 e. The molecule has 2 aromatic carbocycles. The number of rotatable bonds is 7. The lowest BCUT2D eigenvalue weighted by atomic mass is 10.1. The van der Waals surface area contributed by atoms with Crippen LogP contribution in [0.1, 0.15) is 25.0 Å². The van der Waals surface area contributed by atoms with E-state index in [-0.39, 0.29) is 5.54 Å². The van der Waals surface area contributed by atoms with Gasteiger partial charge in [0.1, 0.15) is 12.4 Å². The molecule has 0 unspecified atom stereocenters. The minimum Gasteiger partial charge on any atom is -0.489 e. The summed E-state index contributed by atoms with van der Waals surface area (Å²) in [4.78, 5) is 0. The summed E-state index contributed by atoms with van der Waals surface area (Å²) >= 11 is 0. The topological polar surface area (TPSA) is 47.3 Å². The van der Waals surface area contributed by atoms with E-state index in [0.29, 0.717) is 6.61 Å². The Morgan fingerprint density at radius 1 is 1.00 bits per heavy atom. The second-order valence-electron chi connectivity index (χ2n) is 6.01. The van der Waals surface area contributed by atoms with Gasteiger partial charge in [-0.3, -0.25) is 0 Å². The smallest absolute Gasteiger partial charge is 0.120 e. The van der Waals surface area contributed by atoms with Crippen LogP contribution in [0.4, 0.5) is 0 Å². The third kappa shape index (κ3) is 5.98. The molecule has 0 amide bonds. The highest BCUT2D eigenvalue weighted by atomic mass is 16.5. The Morgan fingerprint density at radius 2 is 1.71 bits per heavy atom. The SMILES string of the molecule is CC(C)(N)CNCc1cccc(OCc2ccccc2)c1. The van der Waals surface area contributed by atoms with E-state index in [2.05, 4.69) is 29.6 Å². The molecule has 0 atom stereocenters. The fourth-order valence-corrected chi connectivity index (χ4v) is 2.02. The van der Waals surface area contributed by atoms with Gasteiger partial charge in [0.05, 0.1) is 0 Å². The van der Waals surface area contributed by atoms with Gasteiger partial charge in [-0.15, -0.1) is 0 Å². The van der Waals surface area contributed by atoms with Crippen molar-refractivity contribution in [1.82, 2.24) is 5.32 Å². The molecular weight excluding hydrogens is 260 g/mol. The van der Waals surface area contributed by atoms with Crippen LogP contribution in [0.15, 0.2) is 54.6 Å². The highest BCUT2D eigenvalue weighted by Crippen LogP contribution is 2.15. The predicted octanol–water partition coefficient (Wildman–Crippen LogP) is 3.09. The summed E-state index contributed by atoms with van der Waals surface area (Å²) in [5, 5.41) is 3.36. The molecule has 0 heterocycles. The molecule has 0 saturated heterocycles. The second-order valence-corrected chi connectivity index (χ2v) is 6.01. The molecule has 0 aliphatic carbocycles. The van der Waals surface area contributed by atoms with Crippen molar-refractivity contribution in [3.8, 4) is 5.75 Å². The summed E-state index contributed by atoms with van der Waals surface area (Å²) in [6, 6.07) is 18.3. The first-order chi connectivity index (χ1) is 10.0. The third-order valence-electron chi connectivity index (χ3n) is 3.06. The average molecular weight is 284 g/mol. The van der Waals surface area contributed by atoms with Crippen molar-refractivity contribution in [2.45, 2.75) is 32.5 Å². The zero-order chi connectivity index (χ0) is 15.1. The van der Waals surface area contributed by atoms with Crippen LogP contribution < -0.4 is 15.8 Å². The number of benzene rings is 2. The molecule has 112 valence electrons. The lowest BCUT2D eigenvalue weighted by molar-refractivity contribution is 0.306. The van der Waals surface area contributed by atoms with Gasteiger partial charge in [-0.2, -0.15) is 0 Å². The van der Waals surface area contributed by atoms with Crippen LogP contribution in [-0.2, 0) is 13.2 Å². The quantitative estimate of drug-likeness (QED) is 0.821. The molecule has 0 radical (unpaired) electrons. The molecule has 3 nitrogen and oxygen atoms in total. The third-order valence-corrected chi connectivity index (χ3v) is 3.06. The summed E-state index contributed by atoms with van der Waals surface area (Å²) in [6.45, 7) is 6.19. The number of ether oxygens (including phenoxy) is 1. The van der Waals surface area contributed by atoms with E-state index >= 15 is 0 Å². The van der Waals surface area contributed by atoms with Crippen molar-refractivity contribution >= 4 is 0 Å². The van der Waals surface area contributed by atoms with Crippen LogP contribution in [0.5, 0.6) is 5.75 Å². The first-order valence-corrected chi connectivity index (χ1v) is 7.28. The van der Waals surface area contributed by atoms with E-state index in [1.807, 2.05) is 44.2 Å². The van der Waals surface area contributed by atoms with E-state index in [0.717, 1.165) is 18.8 Å². The molecule has 3 heteroatoms. The van der Waals surface area contributed by atoms with Crippen LogP contribution in [0.2, 0.25) is 0 Å². The maximum absolute atomic E-state index is 5.95. The molecule has 0 fully saturated rings. The highest BCUT2D eigenvalue weighted by Gasteiger charge is 2.09. The zero-order valence-corrected chi connectivity index (χ0v) is 12.8. The van der Waals surface area contributed by atoms with Gasteiger partial charge >= 0.3 is 0 Å². The zero-order valence-electron chi connectivity index (χ0n) is 12.8. The Balaban J connectivity index is 1.86. The van der Waals surface area contributed by atoms with Gasteiger partial charge in [0, 0.05) is 18.6 Å². The summed E-state index contributed by atoms with van der Waals surface area (Å²) in [5.74, 6) is 0.894. The molecule has 0 spiro atoms. The van der Waals surface area contributed by atoms with E-state index < -0.39 is 0 Å². The van der Waals surface area contributed by atoms with Crippen molar-refractivity contribution < 1.29 is 4.74 Å². The lowest BCUT2D eigenvalue weighted by Gasteiger charge is -2.19. The van der Waals surface area contributed by atoms with Gasteiger partial charge in [-0.25, -0.2) is 0 Å². The fourth-order valence-electron chi connectivity index (χ4n) is 2.02. The van der Waals surface area contributed by atoms with Gasteiger partial charge in [-0.05, 0) is 37.1 Å². The van der Waals surface area contributed by atoms with E-state index in [9.17, 15) is 0 Å². The fraction of sp³-hybridized carbons (Fsp3) is 0.333. The minimum absolute atomic E-state index is 0.193. The second kappa shape index (κ2) is 7.25. The number of hydrogen-bond acceptors (Lipinski definition) is 3.